The van der Waals surface area contributed by atoms with E-state index < -0.39 is 0 Å². The van der Waals surface area contributed by atoms with E-state index in [-0.39, 0.29) is 18.1 Å². The van der Waals surface area contributed by atoms with Gasteiger partial charge in [-0.25, -0.2) is 0 Å². The number of amides is 1. The molecule has 2 fully saturated rings. The second-order valence-electron chi connectivity index (χ2n) is 5.51. The zero-order chi connectivity index (χ0) is 13.1. The molecule has 2 aliphatic heterocycles. The van der Waals surface area contributed by atoms with Gasteiger partial charge < -0.3 is 10.1 Å². The summed E-state index contributed by atoms with van der Waals surface area (Å²) in [5.74, 6) is 0.0114. The zero-order valence-electron chi connectivity index (χ0n) is 11.1. The van der Waals surface area contributed by atoms with E-state index >= 15 is 0 Å². The molecule has 0 bridgehead atoms. The van der Waals surface area contributed by atoms with Crippen LogP contribution in [0.4, 0.5) is 0 Å². The van der Waals surface area contributed by atoms with Gasteiger partial charge in [0.05, 0.1) is 5.60 Å². The molecule has 0 saturated carbocycles. The summed E-state index contributed by atoms with van der Waals surface area (Å²) in [4.78, 5) is 13.6. The number of carbonyl (C=O) groups is 1. The van der Waals surface area contributed by atoms with Gasteiger partial charge in [-0.15, -0.1) is 0 Å². The van der Waals surface area contributed by atoms with Gasteiger partial charge in [-0.2, -0.15) is 0 Å². The van der Waals surface area contributed by atoms with Crippen molar-refractivity contribution < 1.29 is 9.53 Å². The molecular weight excluding hydrogens is 240 g/mol. The number of rotatable bonds is 2. The van der Waals surface area contributed by atoms with Gasteiger partial charge >= 0.3 is 0 Å². The van der Waals surface area contributed by atoms with E-state index in [4.69, 9.17) is 4.74 Å². The van der Waals surface area contributed by atoms with E-state index in [1.54, 1.807) is 0 Å². The Balaban J connectivity index is 1.53. The van der Waals surface area contributed by atoms with Gasteiger partial charge in [0.2, 0.25) is 5.91 Å². The number of hydrogen-bond acceptors (Lipinski definition) is 3. The molecule has 2 saturated heterocycles. The summed E-state index contributed by atoms with van der Waals surface area (Å²) in [5.41, 5.74) is 1.25. The summed E-state index contributed by atoms with van der Waals surface area (Å²) in [6.07, 6.45) is 2.00. The molecule has 1 aromatic carbocycles. The Hall–Kier alpha value is -1.39. The predicted molar refractivity (Wildman–Crippen MR) is 72.6 cm³/mol. The Labute approximate surface area is 113 Å². The van der Waals surface area contributed by atoms with E-state index in [1.165, 1.54) is 5.56 Å². The summed E-state index contributed by atoms with van der Waals surface area (Å²) < 4.78 is 5.78. The first-order chi connectivity index (χ1) is 9.26. The highest BCUT2D eigenvalue weighted by Gasteiger charge is 2.38. The molecule has 1 aromatic rings. The molecule has 19 heavy (non-hydrogen) atoms. The lowest BCUT2D eigenvalue weighted by molar-refractivity contribution is -0.150. The first-order valence-electron chi connectivity index (χ1n) is 6.93. The average molecular weight is 260 g/mol. The van der Waals surface area contributed by atoms with Crippen LogP contribution in [0.1, 0.15) is 18.4 Å². The molecule has 1 N–H and O–H groups in total. The molecular formula is C15H20N2O2. The highest BCUT2D eigenvalue weighted by molar-refractivity contribution is 5.78. The molecule has 1 spiro atoms. The standard InChI is InChI=1S/C15H20N2O2/c18-14-11-19-15(12-16-14)6-8-17(9-7-15)10-13-4-2-1-3-5-13/h1-5H,6-12H2,(H,16,18). The first kappa shape index (κ1) is 12.6. The monoisotopic (exact) mass is 260 g/mol. The second-order valence-corrected chi connectivity index (χ2v) is 5.51. The van der Waals surface area contributed by atoms with Gasteiger partial charge in [0, 0.05) is 26.2 Å². The van der Waals surface area contributed by atoms with Crippen molar-refractivity contribution in [2.45, 2.75) is 25.0 Å². The number of nitrogens with one attached hydrogen (secondary N) is 1. The van der Waals surface area contributed by atoms with Gasteiger partial charge in [0.1, 0.15) is 6.61 Å². The van der Waals surface area contributed by atoms with Crippen LogP contribution in [0.15, 0.2) is 30.3 Å². The minimum Gasteiger partial charge on any atom is -0.363 e. The molecule has 2 heterocycles. The molecule has 4 heteroatoms. The van der Waals surface area contributed by atoms with Crippen LogP contribution < -0.4 is 5.32 Å². The number of ether oxygens (including phenoxy) is 1. The summed E-state index contributed by atoms with van der Waals surface area (Å²) in [7, 11) is 0. The molecule has 0 unspecified atom stereocenters. The van der Waals surface area contributed by atoms with Crippen LogP contribution in [0.5, 0.6) is 0 Å². The Morgan fingerprint density at radius 1 is 1.21 bits per heavy atom. The molecule has 3 rings (SSSR count). The van der Waals surface area contributed by atoms with Crippen LogP contribution in [0.25, 0.3) is 0 Å². The minimum atomic E-state index is -0.110. The van der Waals surface area contributed by atoms with Crippen LogP contribution in [-0.2, 0) is 16.1 Å². The van der Waals surface area contributed by atoms with Crippen LogP contribution in [-0.4, -0.2) is 42.6 Å². The summed E-state index contributed by atoms with van der Waals surface area (Å²) in [5, 5.41) is 2.92. The number of nitrogens with zero attached hydrogens (tertiary/aromatic N) is 1. The van der Waals surface area contributed by atoms with E-state index in [2.05, 4.69) is 34.5 Å². The van der Waals surface area contributed by atoms with Gasteiger partial charge in [-0.3, -0.25) is 9.69 Å². The number of piperidine rings is 1. The fourth-order valence-electron chi connectivity index (χ4n) is 2.86. The van der Waals surface area contributed by atoms with E-state index in [0.29, 0.717) is 6.54 Å². The van der Waals surface area contributed by atoms with Gasteiger partial charge in [0.15, 0.2) is 0 Å². The molecule has 0 aliphatic carbocycles. The minimum absolute atomic E-state index is 0.0114. The third-order valence-corrected chi connectivity index (χ3v) is 4.13. The van der Waals surface area contributed by atoms with Crippen molar-refractivity contribution in [2.75, 3.05) is 26.2 Å². The first-order valence-corrected chi connectivity index (χ1v) is 6.93. The van der Waals surface area contributed by atoms with Crippen LogP contribution in [0.3, 0.4) is 0 Å². The Kier molecular flexibility index (Phi) is 3.53. The molecule has 2 aliphatic rings. The summed E-state index contributed by atoms with van der Waals surface area (Å²) >= 11 is 0. The fourth-order valence-corrected chi connectivity index (χ4v) is 2.86. The topological polar surface area (TPSA) is 41.6 Å². The van der Waals surface area contributed by atoms with Gasteiger partial charge in [0.25, 0.3) is 0 Å². The van der Waals surface area contributed by atoms with Crippen molar-refractivity contribution in [3.05, 3.63) is 35.9 Å². The lowest BCUT2D eigenvalue weighted by Crippen LogP contribution is -2.57. The van der Waals surface area contributed by atoms with Crippen molar-refractivity contribution in [3.8, 4) is 0 Å². The quantitative estimate of drug-likeness (QED) is 0.868. The molecule has 0 aromatic heterocycles. The van der Waals surface area contributed by atoms with E-state index in [9.17, 15) is 4.79 Å². The normalized spacial score (nSPS) is 23.3. The molecule has 0 atom stereocenters. The Morgan fingerprint density at radius 2 is 1.95 bits per heavy atom. The van der Waals surface area contributed by atoms with E-state index in [0.717, 1.165) is 32.5 Å². The molecule has 102 valence electrons. The second kappa shape index (κ2) is 5.31. The van der Waals surface area contributed by atoms with Crippen molar-refractivity contribution in [1.29, 1.82) is 0 Å². The number of carbonyl (C=O) groups excluding carboxylic acids is 1. The summed E-state index contributed by atoms with van der Waals surface area (Å²) in [6, 6.07) is 10.6. The number of hydrogen-bond donors (Lipinski definition) is 1. The maximum absolute atomic E-state index is 11.1. The van der Waals surface area contributed by atoms with Crippen molar-refractivity contribution in [3.63, 3.8) is 0 Å². The van der Waals surface area contributed by atoms with Crippen LogP contribution >= 0.6 is 0 Å². The highest BCUT2D eigenvalue weighted by Crippen LogP contribution is 2.28. The fraction of sp³-hybridized carbons (Fsp3) is 0.533. The van der Waals surface area contributed by atoms with E-state index in [1.807, 2.05) is 6.07 Å². The third-order valence-electron chi connectivity index (χ3n) is 4.13. The van der Waals surface area contributed by atoms with Crippen molar-refractivity contribution >= 4 is 5.91 Å². The lowest BCUT2D eigenvalue weighted by Gasteiger charge is -2.43. The maximum atomic E-state index is 11.1. The SMILES string of the molecule is O=C1COC2(CCN(Cc3ccccc3)CC2)CN1. The zero-order valence-corrected chi connectivity index (χ0v) is 11.1. The van der Waals surface area contributed by atoms with Crippen molar-refractivity contribution in [1.82, 2.24) is 10.2 Å². The Morgan fingerprint density at radius 3 is 2.58 bits per heavy atom. The number of morpholine rings is 1. The van der Waals surface area contributed by atoms with Crippen molar-refractivity contribution in [2.24, 2.45) is 0 Å². The lowest BCUT2D eigenvalue weighted by atomic mass is 9.90. The Bertz CT molecular complexity index is 427. The third kappa shape index (κ3) is 2.96. The largest absolute Gasteiger partial charge is 0.363 e. The summed E-state index contributed by atoms with van der Waals surface area (Å²) in [6.45, 7) is 3.96. The average Bonchev–Trinajstić information content (AvgIpc) is 2.46. The predicted octanol–water partition coefficient (Wildman–Crippen LogP) is 1.17. The number of likely N-dealkylation sites (tertiary alicyclic amines) is 1. The number of benzene rings is 1. The van der Waals surface area contributed by atoms with Gasteiger partial charge in [-0.05, 0) is 18.4 Å². The smallest absolute Gasteiger partial charge is 0.246 e. The van der Waals surface area contributed by atoms with Gasteiger partial charge in [-0.1, -0.05) is 30.3 Å². The maximum Gasteiger partial charge on any atom is 0.246 e. The molecule has 1 amide bonds. The molecule has 4 nitrogen and oxygen atoms in total. The van der Waals surface area contributed by atoms with Crippen LogP contribution in [0, 0.1) is 0 Å². The highest BCUT2D eigenvalue weighted by atomic mass is 16.5. The van der Waals surface area contributed by atoms with Crippen LogP contribution in [0.2, 0.25) is 0 Å². The molecule has 0 radical (unpaired) electrons.